The number of likely N-dealkylation sites (N-methyl/N-ethyl adjacent to an activating group) is 1. The van der Waals surface area contributed by atoms with Gasteiger partial charge in [-0.1, -0.05) is 13.8 Å². The molecule has 1 aromatic rings. The van der Waals surface area contributed by atoms with Gasteiger partial charge in [-0.05, 0) is 26.0 Å². The number of pyridine rings is 1. The van der Waals surface area contributed by atoms with E-state index < -0.39 is 0 Å². The van der Waals surface area contributed by atoms with Gasteiger partial charge in [-0.3, -0.25) is 4.98 Å². The minimum atomic E-state index is 0.289. The second kappa shape index (κ2) is 8.12. The van der Waals surface area contributed by atoms with Crippen LogP contribution in [-0.2, 0) is 11.3 Å². The fourth-order valence-corrected chi connectivity index (χ4v) is 1.66. The lowest BCUT2D eigenvalue weighted by atomic mass is 10.2. The molecule has 0 amide bonds. The highest BCUT2D eigenvalue weighted by molar-refractivity contribution is 5.45. The summed E-state index contributed by atoms with van der Waals surface area (Å²) in [6, 6.07) is 4.64. The van der Waals surface area contributed by atoms with Gasteiger partial charge in [0.15, 0.2) is 0 Å². The van der Waals surface area contributed by atoms with Gasteiger partial charge in [-0.2, -0.15) is 0 Å². The van der Waals surface area contributed by atoms with Gasteiger partial charge in [0, 0.05) is 38.1 Å². The summed E-state index contributed by atoms with van der Waals surface area (Å²) in [4.78, 5) is 6.58. The molecule has 0 unspecified atom stereocenters. The first-order chi connectivity index (χ1) is 8.99. The predicted octanol–water partition coefficient (Wildman–Crippen LogP) is 2.44. The summed E-state index contributed by atoms with van der Waals surface area (Å²) in [5.41, 5.74) is 2.26. The molecule has 1 heterocycles. The van der Waals surface area contributed by atoms with Crippen LogP contribution in [0.5, 0.6) is 0 Å². The van der Waals surface area contributed by atoms with Crippen molar-refractivity contribution >= 4 is 5.69 Å². The summed E-state index contributed by atoms with van der Waals surface area (Å²) in [6.07, 6.45) is 2.16. The Bertz CT molecular complexity index is 366. The molecule has 4 heteroatoms. The molecule has 0 atom stereocenters. The topological polar surface area (TPSA) is 37.4 Å². The summed E-state index contributed by atoms with van der Waals surface area (Å²) in [7, 11) is 2.08. The Kier molecular flexibility index (Phi) is 6.81. The smallest absolute Gasteiger partial charge is 0.0644 e. The molecule has 0 saturated heterocycles. The molecule has 0 saturated carbocycles. The number of anilines is 1. The van der Waals surface area contributed by atoms with Crippen molar-refractivity contribution in [1.82, 2.24) is 10.3 Å². The second-order valence-electron chi connectivity index (χ2n) is 5.38. The van der Waals surface area contributed by atoms with E-state index in [9.17, 15) is 0 Å². The third-order valence-electron chi connectivity index (χ3n) is 2.81. The predicted molar refractivity (Wildman–Crippen MR) is 80.6 cm³/mol. The van der Waals surface area contributed by atoms with Crippen LogP contribution in [0.3, 0.4) is 0 Å². The number of rotatable bonds is 8. The molecule has 1 rings (SSSR count). The Labute approximate surface area is 117 Å². The molecule has 1 aromatic heterocycles. The number of nitrogens with zero attached hydrogens (tertiary/aromatic N) is 2. The monoisotopic (exact) mass is 265 g/mol. The summed E-state index contributed by atoms with van der Waals surface area (Å²) in [5.74, 6) is 0. The average Bonchev–Trinajstić information content (AvgIpc) is 2.36. The van der Waals surface area contributed by atoms with E-state index in [2.05, 4.69) is 56.0 Å². The van der Waals surface area contributed by atoms with E-state index >= 15 is 0 Å². The highest BCUT2D eigenvalue weighted by Crippen LogP contribution is 2.12. The number of aromatic nitrogens is 1. The van der Waals surface area contributed by atoms with Gasteiger partial charge in [-0.25, -0.2) is 0 Å². The Hall–Kier alpha value is -1.13. The lowest BCUT2D eigenvalue weighted by Crippen LogP contribution is -2.25. The quantitative estimate of drug-likeness (QED) is 0.783. The van der Waals surface area contributed by atoms with Gasteiger partial charge in [0.25, 0.3) is 0 Å². The molecular formula is C15H27N3O. The van der Waals surface area contributed by atoms with Gasteiger partial charge < -0.3 is 15.0 Å². The maximum atomic E-state index is 5.57. The van der Waals surface area contributed by atoms with Gasteiger partial charge in [0.2, 0.25) is 0 Å². The summed E-state index contributed by atoms with van der Waals surface area (Å²) in [6.45, 7) is 10.8. The third-order valence-corrected chi connectivity index (χ3v) is 2.81. The van der Waals surface area contributed by atoms with E-state index in [1.165, 1.54) is 5.69 Å². The normalized spacial score (nSPS) is 11.3. The summed E-state index contributed by atoms with van der Waals surface area (Å²) in [5, 5.41) is 3.38. The number of nitrogens with one attached hydrogen (secondary N) is 1. The molecule has 0 aromatic carbocycles. The molecule has 19 heavy (non-hydrogen) atoms. The number of hydrogen-bond acceptors (Lipinski definition) is 4. The van der Waals surface area contributed by atoms with Crippen LogP contribution in [0.25, 0.3) is 0 Å². The van der Waals surface area contributed by atoms with Crippen LogP contribution in [0, 0.1) is 0 Å². The highest BCUT2D eigenvalue weighted by Gasteiger charge is 2.04. The number of hydrogen-bond donors (Lipinski definition) is 1. The fourth-order valence-electron chi connectivity index (χ4n) is 1.66. The zero-order valence-electron chi connectivity index (χ0n) is 12.8. The van der Waals surface area contributed by atoms with Crippen molar-refractivity contribution in [3.8, 4) is 0 Å². The van der Waals surface area contributed by atoms with E-state index in [4.69, 9.17) is 4.74 Å². The van der Waals surface area contributed by atoms with Crippen molar-refractivity contribution in [3.05, 3.63) is 24.0 Å². The average molecular weight is 265 g/mol. The van der Waals surface area contributed by atoms with E-state index in [0.717, 1.165) is 25.4 Å². The Morgan fingerprint density at radius 3 is 2.68 bits per heavy atom. The van der Waals surface area contributed by atoms with E-state index in [1.807, 2.05) is 12.3 Å². The standard InChI is InChI=1S/C15H27N3O/c1-12(2)17-11-14-10-15(6-7-16-14)18(5)8-9-19-13(3)4/h6-7,10,12-13,17H,8-9,11H2,1-5H3. The highest BCUT2D eigenvalue weighted by atomic mass is 16.5. The summed E-state index contributed by atoms with van der Waals surface area (Å²) < 4.78 is 5.57. The van der Waals surface area contributed by atoms with Gasteiger partial charge in [0.1, 0.15) is 0 Å². The van der Waals surface area contributed by atoms with Crippen molar-refractivity contribution in [2.75, 3.05) is 25.1 Å². The lowest BCUT2D eigenvalue weighted by molar-refractivity contribution is 0.0846. The minimum Gasteiger partial charge on any atom is -0.377 e. The van der Waals surface area contributed by atoms with Crippen LogP contribution >= 0.6 is 0 Å². The van der Waals surface area contributed by atoms with Crippen molar-refractivity contribution < 1.29 is 4.74 Å². The molecule has 0 spiro atoms. The largest absolute Gasteiger partial charge is 0.377 e. The fraction of sp³-hybridized carbons (Fsp3) is 0.667. The van der Waals surface area contributed by atoms with Gasteiger partial charge in [0.05, 0.1) is 18.4 Å². The zero-order valence-corrected chi connectivity index (χ0v) is 12.8. The molecule has 0 bridgehead atoms. The lowest BCUT2D eigenvalue weighted by Gasteiger charge is -2.20. The van der Waals surface area contributed by atoms with Gasteiger partial charge >= 0.3 is 0 Å². The molecule has 0 radical (unpaired) electrons. The van der Waals surface area contributed by atoms with E-state index in [1.54, 1.807) is 0 Å². The maximum Gasteiger partial charge on any atom is 0.0644 e. The molecule has 0 aliphatic carbocycles. The van der Waals surface area contributed by atoms with Crippen LogP contribution in [0.1, 0.15) is 33.4 Å². The Morgan fingerprint density at radius 1 is 1.32 bits per heavy atom. The molecule has 108 valence electrons. The van der Waals surface area contributed by atoms with Crippen molar-refractivity contribution in [1.29, 1.82) is 0 Å². The molecule has 4 nitrogen and oxygen atoms in total. The van der Waals surface area contributed by atoms with Crippen LogP contribution in [0.15, 0.2) is 18.3 Å². The third kappa shape index (κ3) is 6.55. The van der Waals surface area contributed by atoms with E-state index in [-0.39, 0.29) is 6.10 Å². The Balaban J connectivity index is 2.50. The van der Waals surface area contributed by atoms with E-state index in [0.29, 0.717) is 6.04 Å². The molecule has 0 fully saturated rings. The van der Waals surface area contributed by atoms with Crippen molar-refractivity contribution in [2.45, 2.75) is 46.4 Å². The molecular weight excluding hydrogens is 238 g/mol. The van der Waals surface area contributed by atoms with Crippen LogP contribution in [-0.4, -0.2) is 37.3 Å². The SMILES string of the molecule is CC(C)NCc1cc(N(C)CCOC(C)C)ccn1. The van der Waals surface area contributed by atoms with Crippen LogP contribution < -0.4 is 10.2 Å². The maximum absolute atomic E-state index is 5.57. The molecule has 0 aliphatic heterocycles. The Morgan fingerprint density at radius 2 is 2.05 bits per heavy atom. The van der Waals surface area contributed by atoms with Crippen LogP contribution in [0.4, 0.5) is 5.69 Å². The first kappa shape index (κ1) is 15.9. The summed E-state index contributed by atoms with van der Waals surface area (Å²) >= 11 is 0. The van der Waals surface area contributed by atoms with Crippen molar-refractivity contribution in [3.63, 3.8) is 0 Å². The first-order valence-corrected chi connectivity index (χ1v) is 7.00. The van der Waals surface area contributed by atoms with Gasteiger partial charge in [-0.15, -0.1) is 0 Å². The van der Waals surface area contributed by atoms with Crippen molar-refractivity contribution in [2.24, 2.45) is 0 Å². The van der Waals surface area contributed by atoms with Crippen LogP contribution in [0.2, 0.25) is 0 Å². The molecule has 0 aliphatic rings. The molecule has 1 N–H and O–H groups in total. The first-order valence-electron chi connectivity index (χ1n) is 7.00. The zero-order chi connectivity index (χ0) is 14.3. The minimum absolute atomic E-state index is 0.289. The second-order valence-corrected chi connectivity index (χ2v) is 5.38. The number of ether oxygens (including phenoxy) is 1.